The second-order valence-electron chi connectivity index (χ2n) is 6.67. The van der Waals surface area contributed by atoms with Gasteiger partial charge in [-0.2, -0.15) is 18.3 Å². The van der Waals surface area contributed by atoms with Crippen LogP contribution < -0.4 is 0 Å². The number of hydrogen-bond acceptors (Lipinski definition) is 5. The second-order valence-corrected chi connectivity index (χ2v) is 9.18. The van der Waals surface area contributed by atoms with E-state index in [1.807, 2.05) is 0 Å². The predicted octanol–water partition coefficient (Wildman–Crippen LogP) is 3.68. The number of hydrogen-bond donors (Lipinski definition) is 0. The SMILES string of the molecule is Cc1cc(COC(=O)N2CCCn3nc(S(=O)(=O)Cl)cc3C2)cc(C(F)(F)F)c1. The Kier molecular flexibility index (Phi) is 5.81. The Morgan fingerprint density at radius 2 is 1.97 bits per heavy atom. The average Bonchev–Trinajstić information content (AvgIpc) is 2.91. The van der Waals surface area contributed by atoms with E-state index in [0.29, 0.717) is 30.8 Å². The molecule has 29 heavy (non-hydrogen) atoms. The third-order valence-corrected chi connectivity index (χ3v) is 5.50. The van der Waals surface area contributed by atoms with E-state index in [0.717, 1.165) is 12.1 Å². The van der Waals surface area contributed by atoms with Crippen molar-refractivity contribution >= 4 is 25.8 Å². The van der Waals surface area contributed by atoms with E-state index in [9.17, 15) is 26.4 Å². The van der Waals surface area contributed by atoms with E-state index in [2.05, 4.69) is 5.10 Å². The number of aromatic nitrogens is 2. The van der Waals surface area contributed by atoms with Crippen molar-refractivity contribution < 1.29 is 31.1 Å². The van der Waals surface area contributed by atoms with Gasteiger partial charge in [0.05, 0.1) is 17.8 Å². The van der Waals surface area contributed by atoms with Gasteiger partial charge < -0.3 is 9.64 Å². The van der Waals surface area contributed by atoms with E-state index in [1.165, 1.54) is 28.6 Å². The Hall–Kier alpha value is -2.27. The zero-order chi connectivity index (χ0) is 21.4. The maximum Gasteiger partial charge on any atom is 0.416 e. The summed E-state index contributed by atoms with van der Waals surface area (Å²) in [7, 11) is 1.30. The number of carbonyl (C=O) groups excluding carboxylic acids is 1. The smallest absolute Gasteiger partial charge is 0.416 e. The zero-order valence-electron chi connectivity index (χ0n) is 15.2. The number of aryl methyl sites for hydroxylation is 2. The lowest BCUT2D eigenvalue weighted by molar-refractivity contribution is -0.137. The number of benzene rings is 1. The molecule has 0 bridgehead atoms. The van der Waals surface area contributed by atoms with Gasteiger partial charge in [-0.3, -0.25) is 4.68 Å². The van der Waals surface area contributed by atoms with Crippen molar-refractivity contribution in [3.8, 4) is 0 Å². The van der Waals surface area contributed by atoms with Crippen molar-refractivity contribution in [2.45, 2.75) is 44.2 Å². The lowest BCUT2D eigenvalue weighted by Gasteiger charge is -2.19. The van der Waals surface area contributed by atoms with Gasteiger partial charge in [0.25, 0.3) is 9.05 Å². The molecule has 0 aliphatic carbocycles. The molecule has 1 aromatic carbocycles. The van der Waals surface area contributed by atoms with Gasteiger partial charge in [0.2, 0.25) is 0 Å². The van der Waals surface area contributed by atoms with Crippen molar-refractivity contribution in [3.63, 3.8) is 0 Å². The highest BCUT2D eigenvalue weighted by molar-refractivity contribution is 8.13. The van der Waals surface area contributed by atoms with Crippen molar-refractivity contribution in [1.82, 2.24) is 14.7 Å². The van der Waals surface area contributed by atoms with Crippen LogP contribution in [0.5, 0.6) is 0 Å². The summed E-state index contributed by atoms with van der Waals surface area (Å²) in [5.41, 5.74) is 0.283. The van der Waals surface area contributed by atoms with E-state index in [4.69, 9.17) is 15.4 Å². The van der Waals surface area contributed by atoms with Crippen LogP contribution in [-0.2, 0) is 39.7 Å². The predicted molar refractivity (Wildman–Crippen MR) is 96.7 cm³/mol. The maximum atomic E-state index is 12.9. The minimum atomic E-state index is -4.49. The van der Waals surface area contributed by atoms with Gasteiger partial charge >= 0.3 is 12.3 Å². The molecule has 0 N–H and O–H groups in total. The Balaban J connectivity index is 1.70. The summed E-state index contributed by atoms with van der Waals surface area (Å²) in [5, 5.41) is 3.62. The normalized spacial score (nSPS) is 15.0. The molecule has 0 fully saturated rings. The maximum absolute atomic E-state index is 12.9. The van der Waals surface area contributed by atoms with Crippen LogP contribution in [0.2, 0.25) is 0 Å². The van der Waals surface area contributed by atoms with Crippen LogP contribution in [0.15, 0.2) is 29.3 Å². The molecule has 2 heterocycles. The zero-order valence-corrected chi connectivity index (χ0v) is 16.8. The molecule has 1 aliphatic rings. The molecule has 12 heteroatoms. The molecule has 158 valence electrons. The van der Waals surface area contributed by atoms with Crippen LogP contribution in [0.3, 0.4) is 0 Å². The van der Waals surface area contributed by atoms with Crippen molar-refractivity contribution in [1.29, 1.82) is 0 Å². The standard InChI is InChI=1S/C17H17ClF3N3O4S/c1-11-5-12(7-13(6-11)17(19,20)21)10-28-16(25)23-3-2-4-24-14(9-23)8-15(22-24)29(18,26)27/h5-8H,2-4,9-10H2,1H3. The molecule has 2 aromatic rings. The molecule has 0 atom stereocenters. The quantitative estimate of drug-likeness (QED) is 0.665. The summed E-state index contributed by atoms with van der Waals surface area (Å²) in [6, 6.07) is 4.75. The molecule has 0 spiro atoms. The highest BCUT2D eigenvalue weighted by atomic mass is 35.7. The van der Waals surface area contributed by atoms with Crippen LogP contribution in [0.4, 0.5) is 18.0 Å². The van der Waals surface area contributed by atoms with Crippen molar-refractivity contribution in [2.24, 2.45) is 0 Å². The number of ether oxygens (including phenoxy) is 1. The van der Waals surface area contributed by atoms with E-state index in [-0.39, 0.29) is 23.7 Å². The Morgan fingerprint density at radius 3 is 2.62 bits per heavy atom. The summed E-state index contributed by atoms with van der Waals surface area (Å²) in [5.74, 6) is 0. The van der Waals surface area contributed by atoms with Crippen LogP contribution in [0.25, 0.3) is 0 Å². The average molecular weight is 452 g/mol. The van der Waals surface area contributed by atoms with Crippen LogP contribution in [0, 0.1) is 6.92 Å². The Labute approximate surface area is 169 Å². The molecule has 7 nitrogen and oxygen atoms in total. The van der Waals surface area contributed by atoms with Gasteiger partial charge in [-0.05, 0) is 31.0 Å². The molecule has 1 amide bonds. The fourth-order valence-corrected chi connectivity index (χ4v) is 3.76. The number of halogens is 4. The first-order chi connectivity index (χ1) is 13.4. The third-order valence-electron chi connectivity index (χ3n) is 4.33. The Bertz CT molecular complexity index is 1040. The number of carbonyl (C=O) groups is 1. The lowest BCUT2D eigenvalue weighted by Crippen LogP contribution is -2.31. The highest BCUT2D eigenvalue weighted by Crippen LogP contribution is 2.31. The first kappa shape index (κ1) is 21.4. The summed E-state index contributed by atoms with van der Waals surface area (Å²) >= 11 is 0. The summed E-state index contributed by atoms with van der Waals surface area (Å²) in [6.07, 6.45) is -4.71. The van der Waals surface area contributed by atoms with Crippen molar-refractivity contribution in [3.05, 3.63) is 46.6 Å². The summed E-state index contributed by atoms with van der Waals surface area (Å²) < 4.78 is 68.3. The van der Waals surface area contributed by atoms with Crippen molar-refractivity contribution in [2.75, 3.05) is 6.54 Å². The molecule has 1 aliphatic heterocycles. The van der Waals surface area contributed by atoms with Gasteiger partial charge in [-0.25, -0.2) is 13.2 Å². The second kappa shape index (κ2) is 7.86. The largest absolute Gasteiger partial charge is 0.445 e. The molecular weight excluding hydrogens is 435 g/mol. The summed E-state index contributed by atoms with van der Waals surface area (Å²) in [4.78, 5) is 13.8. The highest BCUT2D eigenvalue weighted by Gasteiger charge is 2.31. The van der Waals surface area contributed by atoms with Crippen LogP contribution in [-0.4, -0.2) is 35.7 Å². The fourth-order valence-electron chi connectivity index (χ4n) is 3.06. The molecule has 3 rings (SSSR count). The van der Waals surface area contributed by atoms with Gasteiger partial charge in [0.15, 0.2) is 5.03 Å². The first-order valence-corrected chi connectivity index (χ1v) is 10.9. The van der Waals surface area contributed by atoms with Gasteiger partial charge in [-0.15, -0.1) is 0 Å². The van der Waals surface area contributed by atoms with Gasteiger partial charge in [-0.1, -0.05) is 11.6 Å². The van der Waals surface area contributed by atoms with Gasteiger partial charge in [0.1, 0.15) is 6.61 Å². The minimum Gasteiger partial charge on any atom is -0.445 e. The number of nitrogens with zero attached hydrogens (tertiary/aromatic N) is 3. The van der Waals surface area contributed by atoms with Gasteiger partial charge in [0, 0.05) is 29.8 Å². The lowest BCUT2D eigenvalue weighted by atomic mass is 10.1. The number of alkyl halides is 3. The van der Waals surface area contributed by atoms with E-state index < -0.39 is 26.9 Å². The minimum absolute atomic E-state index is 0.0415. The first-order valence-electron chi connectivity index (χ1n) is 8.54. The van der Waals surface area contributed by atoms with Crippen LogP contribution >= 0.6 is 10.7 Å². The van der Waals surface area contributed by atoms with E-state index in [1.54, 1.807) is 0 Å². The summed E-state index contributed by atoms with van der Waals surface area (Å²) in [6.45, 7) is 1.96. The van der Waals surface area contributed by atoms with Crippen LogP contribution in [0.1, 0.15) is 28.8 Å². The molecule has 0 saturated heterocycles. The monoisotopic (exact) mass is 451 g/mol. The number of amides is 1. The molecule has 0 unspecified atom stereocenters. The molecule has 0 saturated carbocycles. The van der Waals surface area contributed by atoms with E-state index >= 15 is 0 Å². The molecular formula is C17H17ClF3N3O4S. The number of rotatable bonds is 3. The topological polar surface area (TPSA) is 81.5 Å². The third kappa shape index (κ3) is 5.21. The number of fused-ring (bicyclic) bond motifs is 1. The fraction of sp³-hybridized carbons (Fsp3) is 0.412. The molecule has 1 aromatic heterocycles. The molecule has 0 radical (unpaired) electrons. The Morgan fingerprint density at radius 1 is 1.24 bits per heavy atom.